The van der Waals surface area contributed by atoms with E-state index in [1.807, 2.05) is 13.8 Å². The lowest BCUT2D eigenvalue weighted by atomic mass is 9.85. The summed E-state index contributed by atoms with van der Waals surface area (Å²) in [7, 11) is 2.67. The van der Waals surface area contributed by atoms with Gasteiger partial charge in [-0.2, -0.15) is 0 Å². The molecular weight excluding hydrogens is 193 g/mol. The van der Waals surface area contributed by atoms with E-state index in [-0.39, 0.29) is 23.3 Å². The zero-order valence-corrected chi connectivity index (χ0v) is 11.2. The standard InChI is InChI=1S/C11H24NOP/c1-8(2)12-10(13)9(7-14)6-11(3,4)5/h8-9H,6-7,14H2,1-5H3,(H,12,13). The first-order valence-electron chi connectivity index (χ1n) is 5.26. The maximum atomic E-state index is 11.7. The number of carbonyl (C=O) groups excluding carboxylic acids is 1. The largest absolute Gasteiger partial charge is 0.354 e. The fourth-order valence-electron chi connectivity index (χ4n) is 1.42. The normalized spacial score (nSPS) is 14.2. The van der Waals surface area contributed by atoms with E-state index in [1.54, 1.807) is 0 Å². The summed E-state index contributed by atoms with van der Waals surface area (Å²) in [5.74, 6) is 0.312. The maximum Gasteiger partial charge on any atom is 0.223 e. The number of nitrogens with one attached hydrogen (secondary N) is 1. The molecule has 0 saturated carbocycles. The first-order chi connectivity index (χ1) is 6.26. The third-order valence-corrected chi connectivity index (χ3v) is 2.51. The average Bonchev–Trinajstić information content (AvgIpc) is 1.96. The summed E-state index contributed by atoms with van der Waals surface area (Å²) in [5, 5.41) is 2.96. The lowest BCUT2D eigenvalue weighted by Crippen LogP contribution is -2.37. The van der Waals surface area contributed by atoms with Gasteiger partial charge in [-0.25, -0.2) is 0 Å². The summed E-state index contributed by atoms with van der Waals surface area (Å²) in [6.07, 6.45) is 1.78. The highest BCUT2D eigenvalue weighted by Gasteiger charge is 2.23. The minimum Gasteiger partial charge on any atom is -0.354 e. The van der Waals surface area contributed by atoms with Crippen molar-refractivity contribution in [3.8, 4) is 0 Å². The van der Waals surface area contributed by atoms with Crippen LogP contribution < -0.4 is 5.32 Å². The molecule has 0 aliphatic heterocycles. The summed E-state index contributed by atoms with van der Waals surface area (Å²) in [5.41, 5.74) is 0.218. The fourth-order valence-corrected chi connectivity index (χ4v) is 1.81. The Kier molecular flexibility index (Phi) is 5.66. The molecule has 0 radical (unpaired) electrons. The van der Waals surface area contributed by atoms with Crippen molar-refractivity contribution < 1.29 is 4.79 Å². The molecule has 0 heterocycles. The molecule has 0 spiro atoms. The number of hydrogen-bond donors (Lipinski definition) is 1. The third kappa shape index (κ3) is 6.37. The lowest BCUT2D eigenvalue weighted by molar-refractivity contribution is -0.125. The van der Waals surface area contributed by atoms with Gasteiger partial charge in [-0.15, -0.1) is 9.24 Å². The summed E-state index contributed by atoms with van der Waals surface area (Å²) in [6.45, 7) is 10.5. The van der Waals surface area contributed by atoms with Gasteiger partial charge in [0.2, 0.25) is 5.91 Å². The number of amides is 1. The second-order valence-corrected chi connectivity index (χ2v) is 5.83. The van der Waals surface area contributed by atoms with Gasteiger partial charge < -0.3 is 5.32 Å². The van der Waals surface area contributed by atoms with Gasteiger partial charge in [0.15, 0.2) is 0 Å². The molecule has 3 heteroatoms. The Morgan fingerprint density at radius 1 is 1.36 bits per heavy atom. The van der Waals surface area contributed by atoms with Crippen molar-refractivity contribution in [2.24, 2.45) is 11.3 Å². The van der Waals surface area contributed by atoms with Crippen LogP contribution in [0, 0.1) is 11.3 Å². The maximum absolute atomic E-state index is 11.7. The predicted octanol–water partition coefficient (Wildman–Crippen LogP) is 2.44. The van der Waals surface area contributed by atoms with Crippen LogP contribution in [0.15, 0.2) is 0 Å². The predicted molar refractivity (Wildman–Crippen MR) is 65.4 cm³/mol. The van der Waals surface area contributed by atoms with Crippen molar-refractivity contribution in [3.05, 3.63) is 0 Å². The van der Waals surface area contributed by atoms with Gasteiger partial charge in [-0.05, 0) is 31.8 Å². The van der Waals surface area contributed by atoms with Gasteiger partial charge in [0, 0.05) is 12.0 Å². The van der Waals surface area contributed by atoms with E-state index in [0.717, 1.165) is 12.6 Å². The molecule has 0 aromatic carbocycles. The van der Waals surface area contributed by atoms with Crippen LogP contribution in [0.4, 0.5) is 0 Å². The van der Waals surface area contributed by atoms with Crippen LogP contribution in [0.1, 0.15) is 41.0 Å². The quantitative estimate of drug-likeness (QED) is 0.720. The van der Waals surface area contributed by atoms with E-state index in [2.05, 4.69) is 35.3 Å². The van der Waals surface area contributed by atoms with Gasteiger partial charge in [0.05, 0.1) is 0 Å². The average molecular weight is 217 g/mol. The Hall–Kier alpha value is -0.100. The van der Waals surface area contributed by atoms with Crippen molar-refractivity contribution in [1.82, 2.24) is 5.32 Å². The fraction of sp³-hybridized carbons (Fsp3) is 0.909. The molecule has 2 unspecified atom stereocenters. The number of hydrogen-bond acceptors (Lipinski definition) is 1. The number of carbonyl (C=O) groups is 1. The van der Waals surface area contributed by atoms with Crippen LogP contribution in [0.2, 0.25) is 0 Å². The summed E-state index contributed by atoms with van der Waals surface area (Å²) in [4.78, 5) is 11.7. The summed E-state index contributed by atoms with van der Waals surface area (Å²) in [6, 6.07) is 0.238. The molecule has 0 aromatic rings. The van der Waals surface area contributed by atoms with Crippen molar-refractivity contribution >= 4 is 15.1 Å². The van der Waals surface area contributed by atoms with E-state index < -0.39 is 0 Å². The molecule has 2 atom stereocenters. The van der Waals surface area contributed by atoms with E-state index in [4.69, 9.17) is 0 Å². The van der Waals surface area contributed by atoms with Crippen molar-refractivity contribution in [3.63, 3.8) is 0 Å². The molecular formula is C11H24NOP. The van der Waals surface area contributed by atoms with E-state index in [0.29, 0.717) is 0 Å². The molecule has 14 heavy (non-hydrogen) atoms. The molecule has 1 amide bonds. The Bertz CT molecular complexity index is 184. The van der Waals surface area contributed by atoms with Crippen molar-refractivity contribution in [2.75, 3.05) is 6.16 Å². The Labute approximate surface area is 90.4 Å². The van der Waals surface area contributed by atoms with Crippen LogP contribution in [-0.4, -0.2) is 18.1 Å². The van der Waals surface area contributed by atoms with Gasteiger partial charge >= 0.3 is 0 Å². The van der Waals surface area contributed by atoms with Gasteiger partial charge in [-0.3, -0.25) is 4.79 Å². The third-order valence-electron chi connectivity index (χ3n) is 1.95. The molecule has 2 nitrogen and oxygen atoms in total. The minimum atomic E-state index is 0.127. The zero-order valence-electron chi connectivity index (χ0n) is 10.1. The van der Waals surface area contributed by atoms with Crippen LogP contribution in [-0.2, 0) is 4.79 Å². The zero-order chi connectivity index (χ0) is 11.4. The van der Waals surface area contributed by atoms with Crippen molar-refractivity contribution in [2.45, 2.75) is 47.1 Å². The molecule has 0 rings (SSSR count). The highest BCUT2D eigenvalue weighted by Crippen LogP contribution is 2.25. The van der Waals surface area contributed by atoms with Crippen LogP contribution in [0.25, 0.3) is 0 Å². The van der Waals surface area contributed by atoms with Gasteiger partial charge in [0.1, 0.15) is 0 Å². The SMILES string of the molecule is CC(C)NC(=O)C(CP)CC(C)(C)C. The smallest absolute Gasteiger partial charge is 0.223 e. The molecule has 1 N–H and O–H groups in total. The monoisotopic (exact) mass is 217 g/mol. The molecule has 0 aliphatic rings. The van der Waals surface area contributed by atoms with E-state index >= 15 is 0 Å². The molecule has 84 valence electrons. The molecule has 0 saturated heterocycles. The first-order valence-corrected chi connectivity index (χ1v) is 6.08. The number of rotatable bonds is 4. The highest BCUT2D eigenvalue weighted by molar-refractivity contribution is 7.16. The summed E-state index contributed by atoms with van der Waals surface area (Å²) < 4.78 is 0. The van der Waals surface area contributed by atoms with E-state index in [9.17, 15) is 4.79 Å². The molecule has 0 bridgehead atoms. The Balaban J connectivity index is 4.20. The second-order valence-electron chi connectivity index (χ2n) is 5.36. The Morgan fingerprint density at radius 3 is 2.14 bits per heavy atom. The minimum absolute atomic E-state index is 0.127. The summed E-state index contributed by atoms with van der Waals surface area (Å²) >= 11 is 0. The van der Waals surface area contributed by atoms with Crippen LogP contribution in [0.5, 0.6) is 0 Å². The Morgan fingerprint density at radius 2 is 1.86 bits per heavy atom. The van der Waals surface area contributed by atoms with Crippen LogP contribution >= 0.6 is 9.24 Å². The molecule has 0 fully saturated rings. The van der Waals surface area contributed by atoms with Crippen molar-refractivity contribution in [1.29, 1.82) is 0 Å². The van der Waals surface area contributed by atoms with E-state index in [1.165, 1.54) is 0 Å². The van der Waals surface area contributed by atoms with Gasteiger partial charge in [0.25, 0.3) is 0 Å². The van der Waals surface area contributed by atoms with Crippen LogP contribution in [0.3, 0.4) is 0 Å². The van der Waals surface area contributed by atoms with Gasteiger partial charge in [-0.1, -0.05) is 20.8 Å². The topological polar surface area (TPSA) is 29.1 Å². The second kappa shape index (κ2) is 5.70. The first kappa shape index (κ1) is 13.9. The highest BCUT2D eigenvalue weighted by atomic mass is 31.0. The lowest BCUT2D eigenvalue weighted by Gasteiger charge is -2.25. The molecule has 0 aromatic heterocycles. The molecule has 0 aliphatic carbocycles.